The lowest BCUT2D eigenvalue weighted by atomic mass is 9.95. The van der Waals surface area contributed by atoms with Crippen LogP contribution in [0.1, 0.15) is 53.5 Å². The second-order valence-corrected chi connectivity index (χ2v) is 7.59. The molecule has 0 heterocycles. The summed E-state index contributed by atoms with van der Waals surface area (Å²) in [4.78, 5) is 26.4. The lowest BCUT2D eigenvalue weighted by Crippen LogP contribution is -2.54. The Labute approximate surface area is 151 Å². The van der Waals surface area contributed by atoms with Crippen LogP contribution in [-0.4, -0.2) is 41.4 Å². The molecule has 2 amide bonds. The van der Waals surface area contributed by atoms with Gasteiger partial charge in [0.2, 0.25) is 0 Å². The van der Waals surface area contributed by atoms with Crippen LogP contribution in [0, 0.1) is 0 Å². The zero-order chi connectivity index (χ0) is 19.2. The quantitative estimate of drug-likeness (QED) is 0.770. The van der Waals surface area contributed by atoms with E-state index in [1.54, 1.807) is 12.0 Å². The normalized spacial score (nSPS) is 11.6. The maximum atomic E-state index is 12.4. The van der Waals surface area contributed by atoms with Crippen LogP contribution in [0.2, 0.25) is 0 Å². The number of hydrogen-bond acceptors (Lipinski definition) is 3. The minimum atomic E-state index is -0.540. The van der Waals surface area contributed by atoms with Gasteiger partial charge in [0, 0.05) is 17.6 Å². The molecule has 0 bridgehead atoms. The van der Waals surface area contributed by atoms with Crippen molar-refractivity contribution in [1.82, 2.24) is 10.2 Å². The molecule has 0 aliphatic rings. The van der Waals surface area contributed by atoms with Gasteiger partial charge in [0.1, 0.15) is 5.75 Å². The summed E-state index contributed by atoms with van der Waals surface area (Å²) in [6.07, 6.45) is 1.55. The van der Waals surface area contributed by atoms with E-state index in [0.717, 1.165) is 18.6 Å². The molecule has 0 aliphatic carbocycles. The van der Waals surface area contributed by atoms with E-state index >= 15 is 0 Å². The highest BCUT2D eigenvalue weighted by Crippen LogP contribution is 2.17. The predicted octanol–water partition coefficient (Wildman–Crippen LogP) is 3.17. The molecule has 0 aliphatic heterocycles. The first-order valence-corrected chi connectivity index (χ1v) is 8.85. The van der Waals surface area contributed by atoms with Gasteiger partial charge >= 0.3 is 11.8 Å². The maximum absolute atomic E-state index is 12.4. The van der Waals surface area contributed by atoms with Crippen molar-refractivity contribution in [3.05, 3.63) is 29.8 Å². The number of hydrogen-bond donors (Lipinski definition) is 1. The number of carbonyl (C=O) groups excluding carboxylic acids is 2. The third-order valence-corrected chi connectivity index (χ3v) is 4.19. The van der Waals surface area contributed by atoms with Gasteiger partial charge in [-0.3, -0.25) is 9.59 Å². The van der Waals surface area contributed by atoms with Crippen LogP contribution >= 0.6 is 0 Å². The van der Waals surface area contributed by atoms with Gasteiger partial charge < -0.3 is 15.0 Å². The fraction of sp³-hybridized carbons (Fsp3) is 0.600. The number of carbonyl (C=O) groups is 2. The average molecular weight is 348 g/mol. The lowest BCUT2D eigenvalue weighted by Gasteiger charge is -2.32. The number of aryl methyl sites for hydroxylation is 1. The molecule has 25 heavy (non-hydrogen) atoms. The Kier molecular flexibility index (Phi) is 7.46. The molecule has 0 fully saturated rings. The smallest absolute Gasteiger partial charge is 0.312 e. The fourth-order valence-corrected chi connectivity index (χ4v) is 2.85. The van der Waals surface area contributed by atoms with Crippen LogP contribution in [0.3, 0.4) is 0 Å². The van der Waals surface area contributed by atoms with Crippen LogP contribution in [0.4, 0.5) is 0 Å². The fourth-order valence-electron chi connectivity index (χ4n) is 2.85. The van der Waals surface area contributed by atoms with Crippen molar-refractivity contribution in [3.8, 4) is 5.75 Å². The number of methoxy groups -OCH3 is 1. The average Bonchev–Trinajstić information content (AvgIpc) is 2.52. The third-order valence-electron chi connectivity index (χ3n) is 4.19. The standard InChI is InChI=1S/C20H32N2O3/c1-14(2)22(15(3)4)19(24)18(23)21-20(5,6)13-12-16-8-10-17(25-7)11-9-16/h8-11,14-15H,12-13H2,1-7H3,(H,21,23). The lowest BCUT2D eigenvalue weighted by molar-refractivity contribution is -0.149. The van der Waals surface area contributed by atoms with E-state index in [2.05, 4.69) is 5.32 Å². The Hall–Kier alpha value is -2.04. The van der Waals surface area contributed by atoms with Gasteiger partial charge in [0.25, 0.3) is 0 Å². The van der Waals surface area contributed by atoms with Crippen LogP contribution in [0.25, 0.3) is 0 Å². The molecule has 1 aromatic carbocycles. The predicted molar refractivity (Wildman–Crippen MR) is 101 cm³/mol. The second-order valence-electron chi connectivity index (χ2n) is 7.59. The molecular formula is C20H32N2O3. The molecule has 5 heteroatoms. The molecule has 0 spiro atoms. The van der Waals surface area contributed by atoms with Crippen molar-refractivity contribution in [3.63, 3.8) is 0 Å². The van der Waals surface area contributed by atoms with Gasteiger partial charge in [-0.05, 0) is 72.1 Å². The van der Waals surface area contributed by atoms with E-state index in [1.807, 2.05) is 65.8 Å². The molecule has 1 rings (SSSR count). The Bertz CT molecular complexity index is 569. The molecule has 0 saturated carbocycles. The van der Waals surface area contributed by atoms with E-state index in [-0.39, 0.29) is 12.1 Å². The zero-order valence-electron chi connectivity index (χ0n) is 16.6. The molecule has 140 valence electrons. The monoisotopic (exact) mass is 348 g/mol. The maximum Gasteiger partial charge on any atom is 0.312 e. The second kappa shape index (κ2) is 8.88. The third kappa shape index (κ3) is 6.40. The van der Waals surface area contributed by atoms with Crippen molar-refractivity contribution in [1.29, 1.82) is 0 Å². The minimum absolute atomic E-state index is 0.0133. The number of nitrogens with one attached hydrogen (secondary N) is 1. The largest absolute Gasteiger partial charge is 0.497 e. The first kappa shape index (κ1) is 21.0. The number of amides is 2. The van der Waals surface area contributed by atoms with Gasteiger partial charge in [-0.1, -0.05) is 12.1 Å². The number of benzene rings is 1. The SMILES string of the molecule is COc1ccc(CCC(C)(C)NC(=O)C(=O)N(C(C)C)C(C)C)cc1. The van der Waals surface area contributed by atoms with Crippen molar-refractivity contribution < 1.29 is 14.3 Å². The van der Waals surface area contributed by atoms with Crippen LogP contribution in [-0.2, 0) is 16.0 Å². The Morgan fingerprint density at radius 2 is 1.60 bits per heavy atom. The Morgan fingerprint density at radius 1 is 1.08 bits per heavy atom. The highest BCUT2D eigenvalue weighted by Gasteiger charge is 2.30. The number of nitrogens with zero attached hydrogens (tertiary/aromatic N) is 1. The highest BCUT2D eigenvalue weighted by atomic mass is 16.5. The molecule has 0 unspecified atom stereocenters. The van der Waals surface area contributed by atoms with Gasteiger partial charge in [-0.2, -0.15) is 0 Å². The molecule has 1 N–H and O–H groups in total. The van der Waals surface area contributed by atoms with E-state index in [1.165, 1.54) is 5.56 Å². The van der Waals surface area contributed by atoms with Crippen LogP contribution in [0.15, 0.2) is 24.3 Å². The molecule has 0 aromatic heterocycles. The van der Waals surface area contributed by atoms with Gasteiger partial charge in [-0.25, -0.2) is 0 Å². The molecular weight excluding hydrogens is 316 g/mol. The van der Waals surface area contributed by atoms with Crippen LogP contribution in [0.5, 0.6) is 5.75 Å². The summed E-state index contributed by atoms with van der Waals surface area (Å²) in [7, 11) is 1.64. The molecule has 0 radical (unpaired) electrons. The van der Waals surface area contributed by atoms with E-state index in [4.69, 9.17) is 4.74 Å². The van der Waals surface area contributed by atoms with E-state index in [9.17, 15) is 9.59 Å². The van der Waals surface area contributed by atoms with Gasteiger partial charge in [0.15, 0.2) is 0 Å². The summed E-state index contributed by atoms with van der Waals surface area (Å²) < 4.78 is 5.16. The Balaban J connectivity index is 2.65. The topological polar surface area (TPSA) is 58.6 Å². The zero-order valence-corrected chi connectivity index (χ0v) is 16.6. The van der Waals surface area contributed by atoms with Gasteiger partial charge in [0.05, 0.1) is 7.11 Å². The molecule has 0 atom stereocenters. The van der Waals surface area contributed by atoms with Crippen molar-refractivity contribution >= 4 is 11.8 Å². The summed E-state index contributed by atoms with van der Waals surface area (Å²) in [6, 6.07) is 7.85. The van der Waals surface area contributed by atoms with Crippen molar-refractivity contribution in [2.24, 2.45) is 0 Å². The van der Waals surface area contributed by atoms with Gasteiger partial charge in [-0.15, -0.1) is 0 Å². The Morgan fingerprint density at radius 3 is 2.04 bits per heavy atom. The summed E-state index contributed by atoms with van der Waals surface area (Å²) >= 11 is 0. The summed E-state index contributed by atoms with van der Waals surface area (Å²) in [5.41, 5.74) is 0.701. The number of rotatable bonds is 7. The summed E-state index contributed by atoms with van der Waals surface area (Å²) in [6.45, 7) is 11.5. The highest BCUT2D eigenvalue weighted by molar-refractivity contribution is 6.35. The van der Waals surface area contributed by atoms with E-state index < -0.39 is 17.4 Å². The van der Waals surface area contributed by atoms with Crippen LogP contribution < -0.4 is 10.1 Å². The minimum Gasteiger partial charge on any atom is -0.497 e. The number of ether oxygens (including phenoxy) is 1. The van der Waals surface area contributed by atoms with Crippen molar-refractivity contribution in [2.75, 3.05) is 7.11 Å². The van der Waals surface area contributed by atoms with Crippen molar-refractivity contribution in [2.45, 2.75) is 72.0 Å². The first-order valence-electron chi connectivity index (χ1n) is 8.85. The molecule has 5 nitrogen and oxygen atoms in total. The summed E-state index contributed by atoms with van der Waals surface area (Å²) in [5, 5.41) is 2.88. The van der Waals surface area contributed by atoms with E-state index in [0.29, 0.717) is 0 Å². The molecule has 1 aromatic rings. The summed E-state index contributed by atoms with van der Waals surface area (Å²) in [5.74, 6) is -0.186. The first-order chi connectivity index (χ1) is 11.6. The molecule has 0 saturated heterocycles.